The third kappa shape index (κ3) is 4.77. The zero-order valence-electron chi connectivity index (χ0n) is 20.8. The molecule has 6 rings (SSSR count). The van der Waals surface area contributed by atoms with E-state index in [0.29, 0.717) is 18.2 Å². The number of anilines is 1. The Kier molecular flexibility index (Phi) is 6.59. The van der Waals surface area contributed by atoms with E-state index in [4.69, 9.17) is 11.6 Å². The van der Waals surface area contributed by atoms with Gasteiger partial charge in [-0.1, -0.05) is 35.9 Å². The Bertz CT molecular complexity index is 1490. The topological polar surface area (TPSA) is 77.2 Å². The van der Waals surface area contributed by atoms with Crippen LogP contribution in [0.1, 0.15) is 29.5 Å². The fourth-order valence-corrected chi connectivity index (χ4v) is 5.94. The predicted octanol–water partition coefficient (Wildman–Crippen LogP) is 5.53. The summed E-state index contributed by atoms with van der Waals surface area (Å²) >= 11 is 6.01. The number of urea groups is 1. The molecule has 2 aliphatic rings. The quantitative estimate of drug-likeness (QED) is 0.333. The second-order valence-electron chi connectivity index (χ2n) is 10.1. The fourth-order valence-electron chi connectivity index (χ4n) is 5.75. The second-order valence-corrected chi connectivity index (χ2v) is 10.4. The van der Waals surface area contributed by atoms with Crippen LogP contribution in [0.4, 0.5) is 14.9 Å². The molecule has 2 N–H and O–H groups in total. The number of hydrogen-bond donors (Lipinski definition) is 2. The lowest BCUT2D eigenvalue weighted by molar-refractivity contribution is 0.181. The maximum atomic E-state index is 13.4. The SMILES string of the molecule is O=C(NCc1ccnc(Cl)c1)N1CC2(CCN(C/C=C/c3ccc(F)cc3)CC2)c2c1ccc1[nH]ncc21. The van der Waals surface area contributed by atoms with Crippen LogP contribution in [0.5, 0.6) is 0 Å². The lowest BCUT2D eigenvalue weighted by Crippen LogP contribution is -2.47. The van der Waals surface area contributed by atoms with Crippen molar-refractivity contribution in [3.05, 3.63) is 94.7 Å². The molecule has 194 valence electrons. The number of amides is 2. The van der Waals surface area contributed by atoms with Crippen molar-refractivity contribution in [3.8, 4) is 0 Å². The van der Waals surface area contributed by atoms with Crippen molar-refractivity contribution in [1.82, 2.24) is 25.4 Å². The van der Waals surface area contributed by atoms with E-state index >= 15 is 0 Å². The number of hydrogen-bond acceptors (Lipinski definition) is 4. The highest BCUT2D eigenvalue weighted by Crippen LogP contribution is 2.49. The van der Waals surface area contributed by atoms with Gasteiger partial charge in [-0.15, -0.1) is 0 Å². The Balaban J connectivity index is 1.18. The first kappa shape index (κ1) is 24.6. The van der Waals surface area contributed by atoms with E-state index in [-0.39, 0.29) is 17.3 Å². The zero-order chi connectivity index (χ0) is 26.1. The van der Waals surface area contributed by atoms with Gasteiger partial charge in [-0.2, -0.15) is 5.10 Å². The number of halogens is 2. The predicted molar refractivity (Wildman–Crippen MR) is 148 cm³/mol. The summed E-state index contributed by atoms with van der Waals surface area (Å²) in [4.78, 5) is 21.7. The van der Waals surface area contributed by atoms with E-state index in [1.807, 2.05) is 35.4 Å². The van der Waals surface area contributed by atoms with Crippen molar-refractivity contribution in [1.29, 1.82) is 0 Å². The van der Waals surface area contributed by atoms with Crippen molar-refractivity contribution in [2.24, 2.45) is 0 Å². The number of carbonyl (C=O) groups is 1. The second kappa shape index (κ2) is 10.2. The van der Waals surface area contributed by atoms with E-state index in [1.165, 1.54) is 17.7 Å². The number of nitrogens with one attached hydrogen (secondary N) is 2. The molecular formula is C29H28ClFN6O. The third-order valence-electron chi connectivity index (χ3n) is 7.72. The van der Waals surface area contributed by atoms with Crippen LogP contribution in [0.3, 0.4) is 0 Å². The Morgan fingerprint density at radius 2 is 1.97 bits per heavy atom. The molecule has 2 aromatic carbocycles. The van der Waals surface area contributed by atoms with Crippen molar-refractivity contribution in [3.63, 3.8) is 0 Å². The minimum Gasteiger partial charge on any atom is -0.334 e. The van der Waals surface area contributed by atoms with Crippen molar-refractivity contribution in [2.45, 2.75) is 24.8 Å². The number of H-pyrrole nitrogens is 1. The summed E-state index contributed by atoms with van der Waals surface area (Å²) in [5, 5.41) is 11.9. The molecule has 0 aliphatic carbocycles. The monoisotopic (exact) mass is 530 g/mol. The number of carbonyl (C=O) groups excluding carboxylic acids is 1. The molecule has 0 atom stereocenters. The molecule has 0 unspecified atom stereocenters. The summed E-state index contributed by atoms with van der Waals surface area (Å²) in [6.45, 7) is 3.69. The molecule has 7 nitrogen and oxygen atoms in total. The number of aromatic nitrogens is 3. The first-order valence-corrected chi connectivity index (χ1v) is 13.2. The molecular weight excluding hydrogens is 503 g/mol. The molecule has 0 radical (unpaired) electrons. The number of rotatable bonds is 5. The molecule has 2 aliphatic heterocycles. The van der Waals surface area contributed by atoms with E-state index in [2.05, 4.69) is 31.5 Å². The van der Waals surface area contributed by atoms with Gasteiger partial charge in [-0.3, -0.25) is 14.9 Å². The van der Waals surface area contributed by atoms with Crippen LogP contribution in [-0.2, 0) is 12.0 Å². The summed E-state index contributed by atoms with van der Waals surface area (Å²) in [5.74, 6) is -0.225. The van der Waals surface area contributed by atoms with Gasteiger partial charge in [-0.25, -0.2) is 14.2 Å². The largest absolute Gasteiger partial charge is 0.334 e. The molecule has 0 saturated carbocycles. The van der Waals surface area contributed by atoms with E-state index < -0.39 is 0 Å². The number of benzene rings is 2. The standard InChI is InChI=1S/C29H28ClFN6O/c30-26-16-21(9-12-32-26)17-33-28(38)37-19-29(27-23-18-34-35-24(23)7-8-25(27)37)10-14-36(15-11-29)13-1-2-20-3-5-22(31)6-4-20/h1-9,12,16,18H,10-11,13-15,17,19H2,(H,33,38)(H,34,35)/b2-1+. The lowest BCUT2D eigenvalue weighted by atomic mass is 9.73. The first-order chi connectivity index (χ1) is 18.5. The molecule has 38 heavy (non-hydrogen) atoms. The highest BCUT2D eigenvalue weighted by molar-refractivity contribution is 6.29. The molecule has 4 aromatic rings. The summed E-state index contributed by atoms with van der Waals surface area (Å²) in [5.41, 5.74) is 4.91. The van der Waals surface area contributed by atoms with Crippen LogP contribution in [0.2, 0.25) is 5.15 Å². The average molecular weight is 531 g/mol. The van der Waals surface area contributed by atoms with Crippen LogP contribution < -0.4 is 10.2 Å². The van der Waals surface area contributed by atoms with Gasteiger partial charge in [0.1, 0.15) is 11.0 Å². The van der Waals surface area contributed by atoms with Crippen LogP contribution in [0.15, 0.2) is 67.0 Å². The minimum absolute atomic E-state index is 0.122. The number of nitrogens with zero attached hydrogens (tertiary/aromatic N) is 4. The smallest absolute Gasteiger partial charge is 0.322 e. The summed E-state index contributed by atoms with van der Waals surface area (Å²) < 4.78 is 13.2. The van der Waals surface area contributed by atoms with Gasteiger partial charge in [-0.05, 0) is 79.0 Å². The average Bonchev–Trinajstić information content (AvgIpc) is 3.53. The molecule has 1 fully saturated rings. The number of likely N-dealkylation sites (tertiary alicyclic amines) is 1. The number of piperidine rings is 1. The van der Waals surface area contributed by atoms with Crippen LogP contribution >= 0.6 is 11.6 Å². The third-order valence-corrected chi connectivity index (χ3v) is 7.93. The number of fused-ring (bicyclic) bond motifs is 4. The molecule has 1 saturated heterocycles. The Morgan fingerprint density at radius 3 is 2.76 bits per heavy atom. The summed E-state index contributed by atoms with van der Waals surface area (Å²) in [6.07, 6.45) is 9.58. The van der Waals surface area contributed by atoms with Gasteiger partial charge in [0, 0.05) is 36.6 Å². The van der Waals surface area contributed by atoms with Crippen molar-refractivity contribution >= 4 is 40.3 Å². The van der Waals surface area contributed by atoms with Crippen molar-refractivity contribution in [2.75, 3.05) is 31.1 Å². The first-order valence-electron chi connectivity index (χ1n) is 12.8. The number of pyridine rings is 1. The highest BCUT2D eigenvalue weighted by atomic mass is 35.5. The van der Waals surface area contributed by atoms with Gasteiger partial charge < -0.3 is 5.32 Å². The summed E-state index contributed by atoms with van der Waals surface area (Å²) in [7, 11) is 0. The number of aromatic amines is 1. The van der Waals surface area contributed by atoms with Crippen molar-refractivity contribution < 1.29 is 9.18 Å². The fraction of sp³-hybridized carbons (Fsp3) is 0.276. The zero-order valence-corrected chi connectivity index (χ0v) is 21.6. The maximum Gasteiger partial charge on any atom is 0.322 e. The van der Waals surface area contributed by atoms with Gasteiger partial charge in [0.2, 0.25) is 0 Å². The van der Waals surface area contributed by atoms with Crippen LogP contribution in [0, 0.1) is 5.82 Å². The molecule has 2 aromatic heterocycles. The van der Waals surface area contributed by atoms with E-state index in [1.54, 1.807) is 24.4 Å². The van der Waals surface area contributed by atoms with E-state index in [9.17, 15) is 9.18 Å². The molecule has 0 bridgehead atoms. The van der Waals surface area contributed by atoms with Crippen LogP contribution in [-0.4, -0.2) is 52.3 Å². The van der Waals surface area contributed by atoms with Gasteiger partial charge >= 0.3 is 6.03 Å². The van der Waals surface area contributed by atoms with Gasteiger partial charge in [0.15, 0.2) is 0 Å². The minimum atomic E-state index is -0.225. The normalized spacial score (nSPS) is 16.9. The lowest BCUT2D eigenvalue weighted by Gasteiger charge is -2.39. The molecule has 2 amide bonds. The highest BCUT2D eigenvalue weighted by Gasteiger charge is 2.47. The Labute approximate surface area is 225 Å². The van der Waals surface area contributed by atoms with Gasteiger partial charge in [0.05, 0.1) is 17.4 Å². The summed E-state index contributed by atoms with van der Waals surface area (Å²) in [6, 6.07) is 14.0. The molecule has 1 spiro atoms. The Hall–Kier alpha value is -3.75. The van der Waals surface area contributed by atoms with Crippen LogP contribution in [0.25, 0.3) is 17.0 Å². The molecule has 9 heteroatoms. The Morgan fingerprint density at radius 1 is 1.16 bits per heavy atom. The maximum absolute atomic E-state index is 13.4. The molecule has 4 heterocycles. The van der Waals surface area contributed by atoms with E-state index in [0.717, 1.165) is 60.2 Å². The van der Waals surface area contributed by atoms with Gasteiger partial charge in [0.25, 0.3) is 0 Å².